The van der Waals surface area contributed by atoms with Gasteiger partial charge in [-0.2, -0.15) is 0 Å². The molecule has 25 heavy (non-hydrogen) atoms. The summed E-state index contributed by atoms with van der Waals surface area (Å²) in [4.78, 5) is 24.3. The maximum atomic E-state index is 11.8. The first-order valence-electron chi connectivity index (χ1n) is 8.16. The van der Waals surface area contributed by atoms with Gasteiger partial charge in [0.05, 0.1) is 25.9 Å². The van der Waals surface area contributed by atoms with E-state index in [1.54, 1.807) is 6.07 Å². The Morgan fingerprint density at radius 2 is 2.12 bits per heavy atom. The zero-order valence-corrected chi connectivity index (χ0v) is 14.9. The van der Waals surface area contributed by atoms with Crippen LogP contribution in [0.2, 0.25) is 5.02 Å². The lowest BCUT2D eigenvalue weighted by Crippen LogP contribution is -2.55. The second-order valence-electron chi connectivity index (χ2n) is 5.87. The zero-order chi connectivity index (χ0) is 18.3. The van der Waals surface area contributed by atoms with Gasteiger partial charge in [0.2, 0.25) is 0 Å². The Labute approximate surface area is 151 Å². The molecule has 8 heteroatoms. The molecule has 138 valence electrons. The fourth-order valence-corrected chi connectivity index (χ4v) is 3.51. The van der Waals surface area contributed by atoms with Crippen molar-refractivity contribution < 1.29 is 24.2 Å². The number of hydrogen-bond donors (Lipinski definition) is 2. The summed E-state index contributed by atoms with van der Waals surface area (Å²) in [6.07, 6.45) is 0.805. The maximum Gasteiger partial charge on any atom is 0.408 e. The molecule has 2 amide bonds. The number of halogens is 1. The second kappa shape index (κ2) is 8.92. The standard InChI is InChI=1S/C17H23ClN2O5/c1-24-15(21)19-9-11-25-12-17(13-6-2-3-7-14(13)18)8-4-5-10-20(17)16(22)23/h2-3,6-7H,4-5,8-12H2,1H3,(H,19,21)(H,22,23). The number of methoxy groups -OCH3 is 1. The molecule has 2 N–H and O–H groups in total. The highest BCUT2D eigenvalue weighted by atomic mass is 35.5. The van der Waals surface area contributed by atoms with Crippen molar-refractivity contribution in [1.29, 1.82) is 0 Å². The molecule has 0 spiro atoms. The third-order valence-electron chi connectivity index (χ3n) is 4.39. The molecule has 1 atom stereocenters. The fraction of sp³-hybridized carbons (Fsp3) is 0.529. The van der Waals surface area contributed by atoms with Crippen LogP contribution < -0.4 is 5.32 Å². The normalized spacial score (nSPS) is 20.2. The van der Waals surface area contributed by atoms with Crippen molar-refractivity contribution in [3.05, 3.63) is 34.9 Å². The van der Waals surface area contributed by atoms with Crippen molar-refractivity contribution >= 4 is 23.8 Å². The van der Waals surface area contributed by atoms with E-state index in [2.05, 4.69) is 10.1 Å². The molecule has 0 aromatic heterocycles. The average Bonchev–Trinajstić information content (AvgIpc) is 2.61. The third-order valence-corrected chi connectivity index (χ3v) is 4.72. The van der Waals surface area contributed by atoms with Gasteiger partial charge in [0.1, 0.15) is 0 Å². The molecule has 2 rings (SSSR count). The third kappa shape index (κ3) is 4.55. The molecule has 0 aliphatic carbocycles. The predicted octanol–water partition coefficient (Wildman–Crippen LogP) is 3.07. The number of ether oxygens (including phenoxy) is 2. The van der Waals surface area contributed by atoms with E-state index < -0.39 is 17.7 Å². The number of nitrogens with one attached hydrogen (secondary N) is 1. The number of hydrogen-bond acceptors (Lipinski definition) is 4. The van der Waals surface area contributed by atoms with Gasteiger partial charge in [-0.25, -0.2) is 9.59 Å². The van der Waals surface area contributed by atoms with Crippen LogP contribution in [0.5, 0.6) is 0 Å². The number of alkyl carbamates (subject to hydrolysis) is 1. The molecule has 0 radical (unpaired) electrons. The van der Waals surface area contributed by atoms with Gasteiger partial charge < -0.3 is 19.9 Å². The molecule has 1 aliphatic rings. The summed E-state index contributed by atoms with van der Waals surface area (Å²) in [5.74, 6) is 0. The van der Waals surface area contributed by atoms with Gasteiger partial charge in [-0.05, 0) is 30.9 Å². The van der Waals surface area contributed by atoms with E-state index >= 15 is 0 Å². The first-order valence-corrected chi connectivity index (χ1v) is 8.54. The fourth-order valence-electron chi connectivity index (χ4n) is 3.20. The number of piperidine rings is 1. The summed E-state index contributed by atoms with van der Waals surface area (Å²) in [6, 6.07) is 7.26. The number of carbonyl (C=O) groups excluding carboxylic acids is 1. The molecular weight excluding hydrogens is 348 g/mol. The molecule has 1 heterocycles. The highest BCUT2D eigenvalue weighted by Crippen LogP contribution is 2.41. The largest absolute Gasteiger partial charge is 0.465 e. The van der Waals surface area contributed by atoms with E-state index in [0.29, 0.717) is 18.0 Å². The van der Waals surface area contributed by atoms with Gasteiger partial charge in [0, 0.05) is 18.1 Å². The molecule has 0 saturated carbocycles. The molecule has 1 aliphatic heterocycles. The Kier molecular flexibility index (Phi) is 6.90. The minimum absolute atomic E-state index is 0.173. The van der Waals surface area contributed by atoms with E-state index in [1.165, 1.54) is 12.0 Å². The van der Waals surface area contributed by atoms with Crippen LogP contribution in [0.3, 0.4) is 0 Å². The Balaban J connectivity index is 2.17. The number of carbonyl (C=O) groups is 2. The molecule has 1 unspecified atom stereocenters. The number of rotatable bonds is 6. The molecule has 1 fully saturated rings. The SMILES string of the molecule is COC(=O)NCCOCC1(c2ccccc2Cl)CCCCN1C(=O)O. The van der Waals surface area contributed by atoms with E-state index in [-0.39, 0.29) is 19.8 Å². The maximum absolute atomic E-state index is 11.8. The van der Waals surface area contributed by atoms with Crippen LogP contribution in [0.25, 0.3) is 0 Å². The first kappa shape index (κ1) is 19.3. The van der Waals surface area contributed by atoms with Crippen molar-refractivity contribution in [1.82, 2.24) is 10.2 Å². The lowest BCUT2D eigenvalue weighted by molar-refractivity contribution is -0.0242. The lowest BCUT2D eigenvalue weighted by Gasteiger charge is -2.46. The van der Waals surface area contributed by atoms with Crippen LogP contribution in [0.4, 0.5) is 9.59 Å². The highest BCUT2D eigenvalue weighted by Gasteiger charge is 2.44. The van der Waals surface area contributed by atoms with E-state index in [4.69, 9.17) is 16.3 Å². The number of likely N-dealkylation sites (tertiary alicyclic amines) is 1. The van der Waals surface area contributed by atoms with Crippen LogP contribution in [0.1, 0.15) is 24.8 Å². The molecular formula is C17H23ClN2O5. The summed E-state index contributed by atoms with van der Waals surface area (Å²) in [5, 5.41) is 12.7. The van der Waals surface area contributed by atoms with Crippen molar-refractivity contribution in [2.45, 2.75) is 24.8 Å². The van der Waals surface area contributed by atoms with Gasteiger partial charge in [-0.3, -0.25) is 4.90 Å². The highest BCUT2D eigenvalue weighted by molar-refractivity contribution is 6.31. The first-order chi connectivity index (χ1) is 12.0. The summed E-state index contributed by atoms with van der Waals surface area (Å²) in [7, 11) is 1.29. The Bertz CT molecular complexity index is 612. The summed E-state index contributed by atoms with van der Waals surface area (Å²) >= 11 is 6.37. The molecule has 7 nitrogen and oxygen atoms in total. The van der Waals surface area contributed by atoms with Crippen molar-refractivity contribution in [2.24, 2.45) is 0 Å². The Hall–Kier alpha value is -1.99. The van der Waals surface area contributed by atoms with Crippen LogP contribution in [0.15, 0.2) is 24.3 Å². The van der Waals surface area contributed by atoms with Crippen molar-refractivity contribution in [3.63, 3.8) is 0 Å². The quantitative estimate of drug-likeness (QED) is 0.751. The number of amides is 2. The monoisotopic (exact) mass is 370 g/mol. The molecule has 0 bridgehead atoms. The van der Waals surface area contributed by atoms with Gasteiger partial charge in [0.15, 0.2) is 0 Å². The Morgan fingerprint density at radius 3 is 2.80 bits per heavy atom. The topological polar surface area (TPSA) is 88.1 Å². The lowest BCUT2D eigenvalue weighted by atomic mass is 9.81. The van der Waals surface area contributed by atoms with Gasteiger partial charge in [-0.1, -0.05) is 29.8 Å². The average molecular weight is 371 g/mol. The second-order valence-corrected chi connectivity index (χ2v) is 6.28. The number of benzene rings is 1. The minimum atomic E-state index is -0.990. The smallest absolute Gasteiger partial charge is 0.408 e. The van der Waals surface area contributed by atoms with E-state index in [0.717, 1.165) is 18.4 Å². The van der Waals surface area contributed by atoms with Crippen LogP contribution in [-0.4, -0.2) is 55.6 Å². The van der Waals surface area contributed by atoms with E-state index in [9.17, 15) is 14.7 Å². The summed E-state index contributed by atoms with van der Waals surface area (Å²) in [5.41, 5.74) is -0.0760. The van der Waals surface area contributed by atoms with Gasteiger partial charge in [-0.15, -0.1) is 0 Å². The van der Waals surface area contributed by atoms with Crippen LogP contribution >= 0.6 is 11.6 Å². The minimum Gasteiger partial charge on any atom is -0.465 e. The summed E-state index contributed by atoms with van der Waals surface area (Å²) < 4.78 is 10.2. The van der Waals surface area contributed by atoms with Crippen molar-refractivity contribution in [2.75, 3.05) is 33.4 Å². The van der Waals surface area contributed by atoms with Crippen molar-refractivity contribution in [3.8, 4) is 0 Å². The molecule has 1 aromatic rings. The summed E-state index contributed by atoms with van der Waals surface area (Å²) in [6.45, 7) is 1.13. The van der Waals surface area contributed by atoms with Crippen LogP contribution in [-0.2, 0) is 15.0 Å². The van der Waals surface area contributed by atoms with Gasteiger partial charge in [0.25, 0.3) is 0 Å². The number of nitrogens with zero attached hydrogens (tertiary/aromatic N) is 1. The van der Waals surface area contributed by atoms with E-state index in [1.807, 2.05) is 18.2 Å². The van der Waals surface area contributed by atoms with Gasteiger partial charge >= 0.3 is 12.2 Å². The molecule has 1 saturated heterocycles. The zero-order valence-electron chi connectivity index (χ0n) is 14.2. The molecule has 1 aromatic carbocycles. The predicted molar refractivity (Wildman–Crippen MR) is 92.9 cm³/mol. The van der Waals surface area contributed by atoms with Crippen LogP contribution in [0, 0.1) is 0 Å². The number of carboxylic acid groups (broad SMARTS) is 1. The Morgan fingerprint density at radius 1 is 1.36 bits per heavy atom.